The molecule has 1 aromatic heterocycles. The number of anilines is 1. The van der Waals surface area contributed by atoms with E-state index in [1.165, 1.54) is 0 Å². The van der Waals surface area contributed by atoms with Gasteiger partial charge in [-0.25, -0.2) is 9.98 Å². The van der Waals surface area contributed by atoms with Crippen molar-refractivity contribution in [2.75, 3.05) is 5.32 Å². The number of benzene rings is 3. The van der Waals surface area contributed by atoms with Gasteiger partial charge >= 0.3 is 0 Å². The normalized spacial score (nSPS) is 14.9. The number of nitrogens with one attached hydrogen (secondary N) is 1. The summed E-state index contributed by atoms with van der Waals surface area (Å²) in [6.07, 6.45) is 0.746. The van der Waals surface area contributed by atoms with Crippen LogP contribution in [0.25, 0.3) is 11.0 Å². The molecule has 0 bridgehead atoms. The van der Waals surface area contributed by atoms with E-state index in [0.29, 0.717) is 0 Å². The Morgan fingerprint density at radius 1 is 0.862 bits per heavy atom. The Morgan fingerprint density at radius 2 is 1.55 bits per heavy atom. The Bertz CT molecular complexity index is 1140. The van der Waals surface area contributed by atoms with E-state index in [1.807, 2.05) is 72.8 Å². The van der Waals surface area contributed by atoms with Gasteiger partial charge in [0, 0.05) is 17.1 Å². The molecule has 0 radical (unpaired) electrons. The van der Waals surface area contributed by atoms with Crippen LogP contribution < -0.4 is 5.32 Å². The van der Waals surface area contributed by atoms with Gasteiger partial charge in [-0.3, -0.25) is 4.57 Å². The monoisotopic (exact) mass is 532 g/mol. The van der Waals surface area contributed by atoms with Gasteiger partial charge in [-0.2, -0.15) is 0 Å². The van der Waals surface area contributed by atoms with Crippen LogP contribution in [0.15, 0.2) is 83.9 Å². The Hall–Kier alpha value is -2.15. The van der Waals surface area contributed by atoms with Crippen molar-refractivity contribution in [3.63, 3.8) is 0 Å². The summed E-state index contributed by atoms with van der Waals surface area (Å²) in [5.41, 5.74) is 4.16. The molecular weight excluding hydrogens is 516 g/mol. The predicted octanol–water partition coefficient (Wildman–Crippen LogP) is 6.46. The SMILES string of the molecule is Br.Br.Clc1ccc(C2Cc3nc4ccccc4n3C(Nc3ccccc3)=N2)cc1. The van der Waals surface area contributed by atoms with Gasteiger partial charge in [-0.15, -0.1) is 34.0 Å². The summed E-state index contributed by atoms with van der Waals surface area (Å²) in [7, 11) is 0. The number of imidazole rings is 1. The number of rotatable bonds is 2. The average molecular weight is 535 g/mol. The molecular formula is C22H19Br2ClN4. The second-order valence-electron chi connectivity index (χ2n) is 6.57. The van der Waals surface area contributed by atoms with Crippen LogP contribution >= 0.6 is 45.6 Å². The summed E-state index contributed by atoms with van der Waals surface area (Å²) in [6, 6.07) is 26.1. The minimum absolute atomic E-state index is 0. The second-order valence-corrected chi connectivity index (χ2v) is 7.00. The largest absolute Gasteiger partial charge is 0.326 e. The minimum Gasteiger partial charge on any atom is -0.326 e. The standard InChI is InChI=1S/C22H17ClN4.2BrH/c23-16-12-10-15(11-13-16)19-14-21-25-18-8-4-5-9-20(18)27(21)22(26-19)24-17-6-2-1-3-7-17;;/h1-13,19H,14H2,(H,24,26);2*1H. The lowest BCUT2D eigenvalue weighted by Crippen LogP contribution is -2.29. The van der Waals surface area contributed by atoms with Gasteiger partial charge in [-0.1, -0.05) is 54.1 Å². The molecule has 0 spiro atoms. The number of halogens is 3. The van der Waals surface area contributed by atoms with Crippen molar-refractivity contribution in [2.45, 2.75) is 12.5 Å². The number of fused-ring (bicyclic) bond motifs is 3. The molecule has 2 heterocycles. The second kappa shape index (κ2) is 9.11. The van der Waals surface area contributed by atoms with Gasteiger partial charge in [-0.05, 0) is 42.0 Å². The highest BCUT2D eigenvalue weighted by Gasteiger charge is 2.25. The molecule has 7 heteroatoms. The zero-order chi connectivity index (χ0) is 18.2. The van der Waals surface area contributed by atoms with Crippen LogP contribution in [-0.4, -0.2) is 15.5 Å². The molecule has 0 saturated carbocycles. The van der Waals surface area contributed by atoms with Crippen LogP contribution in [-0.2, 0) is 6.42 Å². The van der Waals surface area contributed by atoms with Crippen molar-refractivity contribution < 1.29 is 0 Å². The van der Waals surface area contributed by atoms with Gasteiger partial charge < -0.3 is 5.32 Å². The third kappa shape index (κ3) is 4.25. The van der Waals surface area contributed by atoms with Crippen molar-refractivity contribution in [1.82, 2.24) is 9.55 Å². The smallest absolute Gasteiger partial charge is 0.209 e. The number of aromatic nitrogens is 2. The molecule has 3 aromatic carbocycles. The van der Waals surface area contributed by atoms with E-state index in [4.69, 9.17) is 21.6 Å². The molecule has 1 atom stereocenters. The predicted molar refractivity (Wildman–Crippen MR) is 131 cm³/mol. The highest BCUT2D eigenvalue weighted by Crippen LogP contribution is 2.30. The fourth-order valence-electron chi connectivity index (χ4n) is 3.49. The maximum absolute atomic E-state index is 6.06. The van der Waals surface area contributed by atoms with Crippen LogP contribution in [0, 0.1) is 0 Å². The van der Waals surface area contributed by atoms with Crippen LogP contribution in [0.1, 0.15) is 17.4 Å². The van der Waals surface area contributed by atoms with Crippen molar-refractivity contribution in [3.8, 4) is 0 Å². The minimum atomic E-state index is -0.00205. The fourth-order valence-corrected chi connectivity index (χ4v) is 3.62. The molecule has 0 saturated heterocycles. The highest BCUT2D eigenvalue weighted by atomic mass is 79.9. The number of hydrogen-bond donors (Lipinski definition) is 1. The quantitative estimate of drug-likeness (QED) is 0.321. The van der Waals surface area contributed by atoms with E-state index >= 15 is 0 Å². The van der Waals surface area contributed by atoms with Gasteiger partial charge in [0.15, 0.2) is 0 Å². The first kappa shape index (κ1) is 21.6. The van der Waals surface area contributed by atoms with Gasteiger partial charge in [0.05, 0.1) is 17.1 Å². The van der Waals surface area contributed by atoms with E-state index in [9.17, 15) is 0 Å². The van der Waals surface area contributed by atoms with Gasteiger partial charge in [0.25, 0.3) is 0 Å². The van der Waals surface area contributed by atoms with Crippen molar-refractivity contribution in [2.24, 2.45) is 4.99 Å². The number of nitrogens with zero attached hydrogens (tertiary/aromatic N) is 3. The van der Waals surface area contributed by atoms with Crippen LogP contribution in [0.2, 0.25) is 5.02 Å². The topological polar surface area (TPSA) is 42.2 Å². The number of para-hydroxylation sites is 3. The first-order chi connectivity index (χ1) is 13.3. The Balaban J connectivity index is 0.00000120. The fraction of sp³-hybridized carbons (Fsp3) is 0.0909. The maximum Gasteiger partial charge on any atom is 0.209 e. The molecule has 1 N–H and O–H groups in total. The van der Waals surface area contributed by atoms with E-state index in [-0.39, 0.29) is 40.0 Å². The number of aliphatic imine (C=N–C) groups is 1. The summed E-state index contributed by atoms with van der Waals surface area (Å²) in [6.45, 7) is 0. The number of hydrogen-bond acceptors (Lipinski definition) is 3. The first-order valence-corrected chi connectivity index (χ1v) is 9.28. The van der Waals surface area contributed by atoms with Crippen LogP contribution in [0.5, 0.6) is 0 Å². The molecule has 0 aliphatic carbocycles. The van der Waals surface area contributed by atoms with E-state index in [2.05, 4.69) is 16.0 Å². The van der Waals surface area contributed by atoms with Crippen LogP contribution in [0.4, 0.5) is 5.69 Å². The van der Waals surface area contributed by atoms with E-state index in [1.54, 1.807) is 0 Å². The molecule has 4 nitrogen and oxygen atoms in total. The van der Waals surface area contributed by atoms with Crippen molar-refractivity contribution >= 4 is 68.2 Å². The van der Waals surface area contributed by atoms with Crippen LogP contribution in [0.3, 0.4) is 0 Å². The molecule has 5 rings (SSSR count). The lowest BCUT2D eigenvalue weighted by atomic mass is 10.0. The Kier molecular flexibility index (Phi) is 6.77. The Morgan fingerprint density at radius 3 is 2.31 bits per heavy atom. The first-order valence-electron chi connectivity index (χ1n) is 8.90. The molecule has 4 aromatic rings. The summed E-state index contributed by atoms with van der Waals surface area (Å²) in [5, 5.41) is 4.20. The van der Waals surface area contributed by atoms with E-state index < -0.39 is 0 Å². The molecule has 29 heavy (non-hydrogen) atoms. The molecule has 0 fully saturated rings. The van der Waals surface area contributed by atoms with Crippen molar-refractivity contribution in [3.05, 3.63) is 95.3 Å². The lowest BCUT2D eigenvalue weighted by Gasteiger charge is -2.24. The maximum atomic E-state index is 6.06. The zero-order valence-electron chi connectivity index (χ0n) is 15.3. The zero-order valence-corrected chi connectivity index (χ0v) is 19.5. The lowest BCUT2D eigenvalue weighted by molar-refractivity contribution is 0.657. The van der Waals surface area contributed by atoms with Gasteiger partial charge in [0.1, 0.15) is 5.82 Å². The molecule has 148 valence electrons. The summed E-state index contributed by atoms with van der Waals surface area (Å²) in [4.78, 5) is 9.88. The summed E-state index contributed by atoms with van der Waals surface area (Å²) in [5.74, 6) is 1.79. The Labute approximate surface area is 195 Å². The molecule has 1 aliphatic rings. The molecule has 0 amide bonds. The third-order valence-electron chi connectivity index (χ3n) is 4.78. The summed E-state index contributed by atoms with van der Waals surface area (Å²) < 4.78 is 2.12. The summed E-state index contributed by atoms with van der Waals surface area (Å²) >= 11 is 6.06. The third-order valence-corrected chi connectivity index (χ3v) is 5.03. The molecule has 1 aliphatic heterocycles. The molecule has 1 unspecified atom stereocenters. The van der Waals surface area contributed by atoms with E-state index in [0.717, 1.165) is 45.5 Å². The van der Waals surface area contributed by atoms with Gasteiger partial charge in [0.2, 0.25) is 5.96 Å². The highest BCUT2D eigenvalue weighted by molar-refractivity contribution is 8.93. The average Bonchev–Trinajstić information content (AvgIpc) is 3.08. The van der Waals surface area contributed by atoms with Crippen molar-refractivity contribution in [1.29, 1.82) is 0 Å².